The van der Waals surface area contributed by atoms with Gasteiger partial charge in [-0.2, -0.15) is 13.2 Å². The first-order valence-electron chi connectivity index (χ1n) is 6.30. The third-order valence-corrected chi connectivity index (χ3v) is 2.80. The second-order valence-electron chi connectivity index (χ2n) is 4.49. The quantitative estimate of drug-likeness (QED) is 0.789. The molecule has 19 heavy (non-hydrogen) atoms. The van der Waals surface area contributed by atoms with Gasteiger partial charge in [-0.05, 0) is 37.0 Å². The molecule has 5 heteroatoms. The molecule has 1 amide bonds. The number of carbonyl (C=O) groups is 1. The summed E-state index contributed by atoms with van der Waals surface area (Å²) in [6, 6.07) is 5.28. The van der Waals surface area contributed by atoms with Crippen molar-refractivity contribution in [1.29, 1.82) is 0 Å². The monoisotopic (exact) mass is 273 g/mol. The van der Waals surface area contributed by atoms with Crippen molar-refractivity contribution in [2.75, 3.05) is 6.54 Å². The van der Waals surface area contributed by atoms with Gasteiger partial charge in [0.25, 0.3) is 0 Å². The molecule has 1 N–H and O–H groups in total. The highest BCUT2D eigenvalue weighted by Gasteiger charge is 2.29. The van der Waals surface area contributed by atoms with Crippen LogP contribution in [0.3, 0.4) is 0 Å². The predicted molar refractivity (Wildman–Crippen MR) is 67.7 cm³/mol. The first-order chi connectivity index (χ1) is 8.89. The van der Waals surface area contributed by atoms with Gasteiger partial charge in [0.05, 0.1) is 5.56 Å². The van der Waals surface area contributed by atoms with Crippen LogP contribution < -0.4 is 5.32 Å². The third kappa shape index (κ3) is 6.27. The standard InChI is InChI=1S/C14H18F3NO/c1-11(19)18-10-4-2-3-5-12-6-8-13(9-7-12)14(15,16)17/h6-9H,2-5,10H2,1H3,(H,18,19). The van der Waals surface area contributed by atoms with E-state index in [1.165, 1.54) is 19.1 Å². The fourth-order valence-corrected chi connectivity index (χ4v) is 1.76. The molecule has 0 saturated heterocycles. The maximum absolute atomic E-state index is 12.3. The molecule has 1 aromatic rings. The normalized spacial score (nSPS) is 11.4. The Morgan fingerprint density at radius 2 is 1.74 bits per heavy atom. The molecule has 0 bridgehead atoms. The van der Waals surface area contributed by atoms with Crippen LogP contribution in [0.25, 0.3) is 0 Å². The summed E-state index contributed by atoms with van der Waals surface area (Å²) >= 11 is 0. The second-order valence-corrected chi connectivity index (χ2v) is 4.49. The van der Waals surface area contributed by atoms with Crippen molar-refractivity contribution in [3.63, 3.8) is 0 Å². The number of amides is 1. The van der Waals surface area contributed by atoms with Crippen molar-refractivity contribution in [2.45, 2.75) is 38.8 Å². The number of alkyl halides is 3. The summed E-state index contributed by atoms with van der Waals surface area (Å²) in [6.45, 7) is 2.13. The molecule has 2 nitrogen and oxygen atoms in total. The van der Waals surface area contributed by atoms with E-state index in [2.05, 4.69) is 5.32 Å². The maximum atomic E-state index is 12.3. The Morgan fingerprint density at radius 1 is 1.11 bits per heavy atom. The van der Waals surface area contributed by atoms with Crippen molar-refractivity contribution >= 4 is 5.91 Å². The van der Waals surface area contributed by atoms with Crippen LogP contribution in [0.15, 0.2) is 24.3 Å². The Labute approximate surface area is 111 Å². The van der Waals surface area contributed by atoms with Crippen molar-refractivity contribution in [1.82, 2.24) is 5.32 Å². The highest BCUT2D eigenvalue weighted by Crippen LogP contribution is 2.29. The minimum atomic E-state index is -4.27. The number of halogens is 3. The molecule has 0 unspecified atom stereocenters. The number of rotatable bonds is 6. The predicted octanol–water partition coefficient (Wildman–Crippen LogP) is 3.55. The fraction of sp³-hybridized carbons (Fsp3) is 0.500. The molecule has 0 aliphatic carbocycles. The average Bonchev–Trinajstić information content (AvgIpc) is 2.32. The average molecular weight is 273 g/mol. The van der Waals surface area contributed by atoms with Crippen molar-refractivity contribution in [2.24, 2.45) is 0 Å². The SMILES string of the molecule is CC(=O)NCCCCCc1ccc(C(F)(F)F)cc1. The molecule has 0 aromatic heterocycles. The van der Waals surface area contributed by atoms with Crippen LogP contribution in [0.4, 0.5) is 13.2 Å². The second kappa shape index (κ2) is 7.16. The number of hydrogen-bond donors (Lipinski definition) is 1. The van der Waals surface area contributed by atoms with Crippen molar-refractivity contribution in [3.8, 4) is 0 Å². The highest BCUT2D eigenvalue weighted by molar-refractivity contribution is 5.72. The third-order valence-electron chi connectivity index (χ3n) is 2.80. The van der Waals surface area contributed by atoms with Crippen LogP contribution in [-0.4, -0.2) is 12.5 Å². The van der Waals surface area contributed by atoms with E-state index in [-0.39, 0.29) is 5.91 Å². The molecule has 0 atom stereocenters. The zero-order valence-electron chi connectivity index (χ0n) is 10.9. The van der Waals surface area contributed by atoms with Crippen LogP contribution in [-0.2, 0) is 17.4 Å². The number of nitrogens with one attached hydrogen (secondary N) is 1. The topological polar surface area (TPSA) is 29.1 Å². The Hall–Kier alpha value is -1.52. The van der Waals surface area contributed by atoms with Crippen LogP contribution in [0.1, 0.15) is 37.3 Å². The number of benzene rings is 1. The Balaban J connectivity index is 2.25. The van der Waals surface area contributed by atoms with Gasteiger partial charge in [0, 0.05) is 13.5 Å². The molecule has 0 aliphatic heterocycles. The smallest absolute Gasteiger partial charge is 0.356 e. The Kier molecular flexibility index (Phi) is 5.86. The van der Waals surface area contributed by atoms with Gasteiger partial charge in [-0.15, -0.1) is 0 Å². The van der Waals surface area contributed by atoms with E-state index >= 15 is 0 Å². The molecule has 106 valence electrons. The van der Waals surface area contributed by atoms with Crippen LogP contribution in [0.2, 0.25) is 0 Å². The fourth-order valence-electron chi connectivity index (χ4n) is 1.76. The number of hydrogen-bond acceptors (Lipinski definition) is 1. The van der Waals surface area contributed by atoms with Crippen LogP contribution >= 0.6 is 0 Å². The lowest BCUT2D eigenvalue weighted by Crippen LogP contribution is -2.20. The molecule has 1 aromatic carbocycles. The van der Waals surface area contributed by atoms with Gasteiger partial charge >= 0.3 is 6.18 Å². The van der Waals surface area contributed by atoms with Crippen molar-refractivity contribution in [3.05, 3.63) is 35.4 Å². The lowest BCUT2D eigenvalue weighted by Gasteiger charge is -2.07. The largest absolute Gasteiger partial charge is 0.416 e. The first-order valence-corrected chi connectivity index (χ1v) is 6.30. The minimum Gasteiger partial charge on any atom is -0.356 e. The van der Waals surface area contributed by atoms with Gasteiger partial charge in [0.1, 0.15) is 0 Å². The lowest BCUT2D eigenvalue weighted by atomic mass is 10.1. The summed E-state index contributed by atoms with van der Waals surface area (Å²) in [5, 5.41) is 2.70. The molecule has 0 saturated carbocycles. The zero-order chi connectivity index (χ0) is 14.3. The molecule has 0 fully saturated rings. The van der Waals surface area contributed by atoms with Gasteiger partial charge in [-0.25, -0.2) is 0 Å². The molecular weight excluding hydrogens is 255 g/mol. The number of aryl methyl sites for hydroxylation is 1. The molecule has 0 spiro atoms. The maximum Gasteiger partial charge on any atom is 0.416 e. The summed E-state index contributed by atoms with van der Waals surface area (Å²) in [5.74, 6) is -0.0391. The van der Waals surface area contributed by atoms with E-state index < -0.39 is 11.7 Å². The van der Waals surface area contributed by atoms with Crippen molar-refractivity contribution < 1.29 is 18.0 Å². The molecule has 0 heterocycles. The van der Waals surface area contributed by atoms with Gasteiger partial charge in [-0.3, -0.25) is 4.79 Å². The number of carbonyl (C=O) groups excluding carboxylic acids is 1. The van der Waals surface area contributed by atoms with Crippen LogP contribution in [0.5, 0.6) is 0 Å². The van der Waals surface area contributed by atoms with Gasteiger partial charge in [-0.1, -0.05) is 18.6 Å². The van der Waals surface area contributed by atoms with E-state index in [1.807, 2.05) is 0 Å². The number of unbranched alkanes of at least 4 members (excludes halogenated alkanes) is 2. The van der Waals surface area contributed by atoms with Gasteiger partial charge < -0.3 is 5.32 Å². The van der Waals surface area contributed by atoms with E-state index in [9.17, 15) is 18.0 Å². The van der Waals surface area contributed by atoms with E-state index in [1.54, 1.807) is 0 Å². The molecule has 0 radical (unpaired) electrons. The Bertz CT molecular complexity index is 398. The molecular formula is C14H18F3NO. The summed E-state index contributed by atoms with van der Waals surface area (Å²) in [7, 11) is 0. The van der Waals surface area contributed by atoms with E-state index in [4.69, 9.17) is 0 Å². The highest BCUT2D eigenvalue weighted by atomic mass is 19.4. The first kappa shape index (κ1) is 15.5. The minimum absolute atomic E-state index is 0.0391. The van der Waals surface area contributed by atoms with Gasteiger partial charge in [0.15, 0.2) is 0 Å². The Morgan fingerprint density at radius 3 is 2.26 bits per heavy atom. The molecule has 1 rings (SSSR count). The molecule has 0 aliphatic rings. The summed E-state index contributed by atoms with van der Waals surface area (Å²) in [4.78, 5) is 10.6. The summed E-state index contributed by atoms with van der Waals surface area (Å²) in [5.41, 5.74) is 0.300. The van der Waals surface area contributed by atoms with Gasteiger partial charge in [0.2, 0.25) is 5.91 Å². The van der Waals surface area contributed by atoms with Crippen LogP contribution in [0, 0.1) is 0 Å². The summed E-state index contributed by atoms with van der Waals surface area (Å²) < 4.78 is 37.0. The zero-order valence-corrected chi connectivity index (χ0v) is 10.9. The summed E-state index contributed by atoms with van der Waals surface area (Å²) in [6.07, 6.45) is -0.762. The lowest BCUT2D eigenvalue weighted by molar-refractivity contribution is -0.137. The van der Waals surface area contributed by atoms with E-state index in [0.717, 1.165) is 43.4 Å². The van der Waals surface area contributed by atoms with E-state index in [0.29, 0.717) is 6.54 Å².